The van der Waals surface area contributed by atoms with E-state index in [1.165, 1.54) is 6.33 Å². The van der Waals surface area contributed by atoms with E-state index < -0.39 is 32.9 Å². The number of benzene rings is 1. The van der Waals surface area contributed by atoms with E-state index in [2.05, 4.69) is 43.8 Å². The monoisotopic (exact) mass is 526 g/mol. The Labute approximate surface area is 217 Å². The van der Waals surface area contributed by atoms with Gasteiger partial charge < -0.3 is 19.4 Å². The molecule has 1 fully saturated rings. The summed E-state index contributed by atoms with van der Waals surface area (Å²) in [6, 6.07) is 9.18. The molecule has 1 amide bonds. The number of nitrogens with zero attached hydrogens (tertiary/aromatic N) is 5. The van der Waals surface area contributed by atoms with Gasteiger partial charge in [0.05, 0.1) is 13.2 Å². The summed E-state index contributed by atoms with van der Waals surface area (Å²) in [7, 11) is -2.30. The van der Waals surface area contributed by atoms with Crippen molar-refractivity contribution in [2.45, 2.75) is 76.4 Å². The number of rotatable bonds is 5. The number of imidazole rings is 1. The van der Waals surface area contributed by atoms with Gasteiger partial charge in [0.1, 0.15) is 18.3 Å². The highest BCUT2D eigenvalue weighted by Gasteiger charge is 2.52. The minimum Gasteiger partial charge on any atom is -0.405 e. The van der Waals surface area contributed by atoms with E-state index in [1.54, 1.807) is 17.0 Å². The second-order valence-electron chi connectivity index (χ2n) is 11.3. The number of carbonyl (C=O) groups is 1. The first kappa shape index (κ1) is 25.9. The maximum atomic E-state index is 13.4. The van der Waals surface area contributed by atoms with E-state index >= 15 is 0 Å². The quantitative estimate of drug-likeness (QED) is 0.388. The maximum absolute atomic E-state index is 13.4. The zero-order chi connectivity index (χ0) is 26.5. The second kappa shape index (κ2) is 9.55. The third-order valence-electron chi connectivity index (χ3n) is 7.89. The lowest BCUT2D eigenvalue weighted by Gasteiger charge is -2.39. The number of aromatic nitrogens is 4. The highest BCUT2D eigenvalue weighted by molar-refractivity contribution is 6.74. The predicted octanol–water partition coefficient (Wildman–Crippen LogP) is 2.41. The molecule has 2 N–H and O–H groups in total. The SMILES string of the molecule is CC(C)(C)[Si](C)(C)O[C@@H]1[C@H](O)[C@@H](CO)O[C@H]1[n+]1cn2c3c(ncnc31)N(C(=O)c1ccccc1)CCC2. The van der Waals surface area contributed by atoms with Crippen LogP contribution >= 0.6 is 0 Å². The van der Waals surface area contributed by atoms with Crippen molar-refractivity contribution in [1.29, 1.82) is 0 Å². The molecule has 5 rings (SSSR count). The number of amides is 1. The number of carbonyl (C=O) groups excluding carboxylic acids is 1. The number of aliphatic hydroxyl groups is 2. The van der Waals surface area contributed by atoms with Crippen molar-refractivity contribution >= 4 is 31.2 Å². The number of hydrogen-bond acceptors (Lipinski definition) is 7. The summed E-state index contributed by atoms with van der Waals surface area (Å²) < 4.78 is 16.7. The Balaban J connectivity index is 1.59. The van der Waals surface area contributed by atoms with Crippen LogP contribution in [0.15, 0.2) is 43.0 Å². The fourth-order valence-corrected chi connectivity index (χ4v) is 6.09. The number of hydrogen-bond donors (Lipinski definition) is 2. The third-order valence-corrected chi connectivity index (χ3v) is 12.4. The fraction of sp³-hybridized carbons (Fsp3) is 0.538. The van der Waals surface area contributed by atoms with Crippen LogP contribution in [0.5, 0.6) is 0 Å². The largest absolute Gasteiger partial charge is 0.405 e. The van der Waals surface area contributed by atoms with E-state index in [9.17, 15) is 15.0 Å². The van der Waals surface area contributed by atoms with Crippen molar-refractivity contribution in [3.63, 3.8) is 0 Å². The molecular weight excluding hydrogens is 490 g/mol. The summed E-state index contributed by atoms with van der Waals surface area (Å²) in [5, 5.41) is 20.9. The summed E-state index contributed by atoms with van der Waals surface area (Å²) in [5.74, 6) is 0.419. The third kappa shape index (κ3) is 4.48. The van der Waals surface area contributed by atoms with Gasteiger partial charge in [-0.3, -0.25) is 14.3 Å². The average Bonchev–Trinajstić information content (AvgIpc) is 3.31. The highest BCUT2D eigenvalue weighted by Crippen LogP contribution is 2.41. The van der Waals surface area contributed by atoms with Gasteiger partial charge in [0.15, 0.2) is 26.8 Å². The van der Waals surface area contributed by atoms with Crippen molar-refractivity contribution in [2.24, 2.45) is 0 Å². The number of anilines is 1. The second-order valence-corrected chi connectivity index (χ2v) is 16.1. The van der Waals surface area contributed by atoms with Gasteiger partial charge in [-0.1, -0.05) is 44.0 Å². The van der Waals surface area contributed by atoms with Gasteiger partial charge in [0, 0.05) is 12.1 Å². The Bertz CT molecular complexity index is 1290. The van der Waals surface area contributed by atoms with Crippen molar-refractivity contribution in [2.75, 3.05) is 18.1 Å². The van der Waals surface area contributed by atoms with Gasteiger partial charge in [-0.15, -0.1) is 0 Å². The molecule has 0 aliphatic carbocycles. The van der Waals surface area contributed by atoms with Gasteiger partial charge >= 0.3 is 5.65 Å². The van der Waals surface area contributed by atoms with Gasteiger partial charge in [-0.2, -0.15) is 4.98 Å². The smallest absolute Gasteiger partial charge is 0.309 e. The molecule has 0 bridgehead atoms. The minimum atomic E-state index is -2.30. The summed E-state index contributed by atoms with van der Waals surface area (Å²) in [6.07, 6.45) is 0.912. The number of ether oxygens (including phenoxy) is 1. The lowest BCUT2D eigenvalue weighted by molar-refractivity contribution is -0.745. The average molecular weight is 527 g/mol. The molecule has 0 saturated carbocycles. The molecule has 11 heteroatoms. The molecule has 1 aromatic carbocycles. The van der Waals surface area contributed by atoms with Crippen LogP contribution in [0.3, 0.4) is 0 Å². The molecule has 2 aliphatic heterocycles. The van der Waals surface area contributed by atoms with Crippen LogP contribution < -0.4 is 9.47 Å². The molecule has 3 aromatic rings. The topological polar surface area (TPSA) is 114 Å². The van der Waals surface area contributed by atoms with Crippen LogP contribution in [0.1, 0.15) is 43.8 Å². The molecule has 37 heavy (non-hydrogen) atoms. The van der Waals surface area contributed by atoms with Gasteiger partial charge in [0.2, 0.25) is 11.7 Å². The Morgan fingerprint density at radius 1 is 1.22 bits per heavy atom. The number of aliphatic hydroxyl groups excluding tert-OH is 2. The van der Waals surface area contributed by atoms with Gasteiger partial charge in [-0.25, -0.2) is 4.57 Å². The molecule has 2 aromatic heterocycles. The predicted molar refractivity (Wildman–Crippen MR) is 140 cm³/mol. The highest BCUT2D eigenvalue weighted by atomic mass is 28.4. The summed E-state index contributed by atoms with van der Waals surface area (Å²) in [4.78, 5) is 24.3. The lowest BCUT2D eigenvalue weighted by Crippen LogP contribution is -2.53. The van der Waals surface area contributed by atoms with Gasteiger partial charge in [0.25, 0.3) is 5.91 Å². The standard InChI is InChI=1S/C26H36N5O5Si/c1-26(2,3)37(4,5)36-21-20(33)18(14-32)35-25(21)31-16-29-12-9-13-30(22-19(29)23(31)28-15-27-22)24(34)17-10-7-6-8-11-17/h6-8,10-11,15-16,18,20-21,25,32-33H,9,12-14H2,1-5H3/q+1/t18-,20-,21-,25-/m1/s1. The first-order valence-electron chi connectivity index (χ1n) is 12.8. The Morgan fingerprint density at radius 2 is 1.95 bits per heavy atom. The zero-order valence-electron chi connectivity index (χ0n) is 22.0. The van der Waals surface area contributed by atoms with E-state index in [0.29, 0.717) is 30.1 Å². The van der Waals surface area contributed by atoms with Crippen LogP contribution in [0.25, 0.3) is 11.2 Å². The van der Waals surface area contributed by atoms with E-state index in [0.717, 1.165) is 11.9 Å². The van der Waals surface area contributed by atoms with E-state index in [4.69, 9.17) is 9.16 Å². The first-order chi connectivity index (χ1) is 17.5. The van der Waals surface area contributed by atoms with Crippen LogP contribution in [0.2, 0.25) is 18.1 Å². The molecule has 0 radical (unpaired) electrons. The molecule has 0 spiro atoms. The van der Waals surface area contributed by atoms with Crippen LogP contribution in [0.4, 0.5) is 5.82 Å². The molecule has 4 atom stereocenters. The maximum Gasteiger partial charge on any atom is 0.309 e. The van der Waals surface area contributed by atoms with Crippen molar-refractivity contribution in [1.82, 2.24) is 14.5 Å². The van der Waals surface area contributed by atoms with Crippen LogP contribution in [-0.2, 0) is 15.7 Å². The Morgan fingerprint density at radius 3 is 2.62 bits per heavy atom. The summed E-state index contributed by atoms with van der Waals surface area (Å²) in [6.45, 7) is 11.5. The summed E-state index contributed by atoms with van der Waals surface area (Å²) in [5.41, 5.74) is 1.90. The van der Waals surface area contributed by atoms with Crippen molar-refractivity contribution in [3.8, 4) is 0 Å². The minimum absolute atomic E-state index is 0.0816. The molecule has 1 saturated heterocycles. The first-order valence-corrected chi connectivity index (χ1v) is 15.7. The zero-order valence-corrected chi connectivity index (χ0v) is 23.0. The molecular formula is C26H36N5O5Si+. The number of aryl methyl sites for hydroxylation is 1. The van der Waals surface area contributed by atoms with E-state index in [-0.39, 0.29) is 17.6 Å². The Kier molecular flexibility index (Phi) is 6.69. The van der Waals surface area contributed by atoms with Gasteiger partial charge in [-0.05, 0) is 36.7 Å². The molecule has 2 aliphatic rings. The molecule has 10 nitrogen and oxygen atoms in total. The molecule has 0 unspecified atom stereocenters. The summed E-state index contributed by atoms with van der Waals surface area (Å²) >= 11 is 0. The lowest BCUT2D eigenvalue weighted by atomic mass is 10.1. The van der Waals surface area contributed by atoms with Crippen molar-refractivity contribution in [3.05, 3.63) is 48.5 Å². The van der Waals surface area contributed by atoms with Crippen molar-refractivity contribution < 1.29 is 28.7 Å². The van der Waals surface area contributed by atoms with Crippen LogP contribution in [0, 0.1) is 0 Å². The normalized spacial score (nSPS) is 24.5. The molecule has 4 heterocycles. The Hall–Kier alpha value is -2.70. The fourth-order valence-electron chi connectivity index (χ4n) is 4.80. The van der Waals surface area contributed by atoms with E-state index in [1.807, 2.05) is 33.7 Å². The van der Waals surface area contributed by atoms with Crippen LogP contribution in [-0.4, -0.2) is 70.4 Å². The molecule has 198 valence electrons.